The van der Waals surface area contributed by atoms with Gasteiger partial charge in [-0.15, -0.1) is 10.2 Å². The Morgan fingerprint density at radius 1 is 1.26 bits per heavy atom. The Labute approximate surface area is 185 Å². The van der Waals surface area contributed by atoms with Crippen molar-refractivity contribution in [2.45, 2.75) is 51.1 Å². The van der Waals surface area contributed by atoms with Crippen LogP contribution in [0.15, 0.2) is 40.5 Å². The van der Waals surface area contributed by atoms with Gasteiger partial charge in [0.2, 0.25) is 10.0 Å². The van der Waals surface area contributed by atoms with Crippen LogP contribution >= 0.6 is 0 Å². The van der Waals surface area contributed by atoms with Gasteiger partial charge in [0.1, 0.15) is 12.2 Å². The lowest BCUT2D eigenvalue weighted by molar-refractivity contribution is 0.281. The zero-order chi connectivity index (χ0) is 22.3. The van der Waals surface area contributed by atoms with Crippen molar-refractivity contribution in [3.63, 3.8) is 0 Å². The molecule has 9 nitrogen and oxygen atoms in total. The Kier molecular flexibility index (Phi) is 8.03. The lowest BCUT2D eigenvalue weighted by Gasteiger charge is -2.30. The smallest absolute Gasteiger partial charge is 0.243 e. The van der Waals surface area contributed by atoms with E-state index < -0.39 is 10.0 Å². The summed E-state index contributed by atoms with van der Waals surface area (Å²) in [6, 6.07) is 7.09. The summed E-state index contributed by atoms with van der Waals surface area (Å²) in [6.45, 7) is 7.35. The molecule has 10 heteroatoms. The molecule has 0 bridgehead atoms. The Hall–Kier alpha value is -2.46. The average molecular weight is 448 g/mol. The molecule has 170 valence electrons. The summed E-state index contributed by atoms with van der Waals surface area (Å²) in [5.74, 6) is 2.05. The SMILES string of the molecule is CCc1nncn1CCNC(=NC)NCc1ccc(S(=O)(=O)N2CCCC(C)C2)cc1. The van der Waals surface area contributed by atoms with Gasteiger partial charge in [-0.05, 0) is 36.5 Å². The summed E-state index contributed by atoms with van der Waals surface area (Å²) in [5.41, 5.74) is 0.987. The topological polar surface area (TPSA) is 105 Å². The minimum atomic E-state index is -3.42. The predicted molar refractivity (Wildman–Crippen MR) is 121 cm³/mol. The summed E-state index contributed by atoms with van der Waals surface area (Å²) in [7, 11) is -1.70. The van der Waals surface area contributed by atoms with Crippen LogP contribution in [0.4, 0.5) is 0 Å². The third-order valence-electron chi connectivity index (χ3n) is 5.52. The highest BCUT2D eigenvalue weighted by Crippen LogP contribution is 2.23. The number of aliphatic imine (C=N–C) groups is 1. The van der Waals surface area contributed by atoms with Crippen LogP contribution in [-0.4, -0.2) is 60.1 Å². The molecule has 0 saturated carbocycles. The lowest BCUT2D eigenvalue weighted by Crippen LogP contribution is -2.39. The molecule has 0 amide bonds. The summed E-state index contributed by atoms with van der Waals surface area (Å²) in [5, 5.41) is 14.6. The van der Waals surface area contributed by atoms with E-state index in [4.69, 9.17) is 0 Å². The Balaban J connectivity index is 1.50. The van der Waals surface area contributed by atoms with Gasteiger partial charge in [-0.2, -0.15) is 4.31 Å². The van der Waals surface area contributed by atoms with Crippen molar-refractivity contribution in [2.24, 2.45) is 10.9 Å². The molecule has 1 aliphatic heterocycles. The number of hydrogen-bond acceptors (Lipinski definition) is 5. The minimum absolute atomic E-state index is 0.355. The number of aryl methyl sites for hydroxylation is 1. The average Bonchev–Trinajstić information content (AvgIpc) is 3.24. The van der Waals surface area contributed by atoms with Crippen LogP contribution in [0.1, 0.15) is 38.1 Å². The molecule has 1 atom stereocenters. The zero-order valence-corrected chi connectivity index (χ0v) is 19.4. The number of aromatic nitrogens is 3. The maximum absolute atomic E-state index is 12.9. The monoisotopic (exact) mass is 447 g/mol. The number of nitrogens with one attached hydrogen (secondary N) is 2. The van der Waals surface area contributed by atoms with E-state index in [1.54, 1.807) is 29.8 Å². The maximum Gasteiger partial charge on any atom is 0.243 e. The van der Waals surface area contributed by atoms with E-state index >= 15 is 0 Å². The van der Waals surface area contributed by atoms with Crippen LogP contribution in [0.25, 0.3) is 0 Å². The van der Waals surface area contributed by atoms with Crippen LogP contribution in [-0.2, 0) is 29.5 Å². The molecular formula is C21H33N7O2S. The molecule has 2 heterocycles. The number of benzene rings is 1. The summed E-state index contributed by atoms with van der Waals surface area (Å²) in [4.78, 5) is 4.60. The van der Waals surface area contributed by atoms with Gasteiger partial charge in [-0.3, -0.25) is 4.99 Å². The van der Waals surface area contributed by atoms with Gasteiger partial charge in [0.05, 0.1) is 4.90 Å². The van der Waals surface area contributed by atoms with E-state index in [-0.39, 0.29) is 0 Å². The molecule has 2 aromatic rings. The van der Waals surface area contributed by atoms with E-state index in [1.807, 2.05) is 16.7 Å². The van der Waals surface area contributed by atoms with Crippen molar-refractivity contribution < 1.29 is 8.42 Å². The quantitative estimate of drug-likeness (QED) is 0.471. The minimum Gasteiger partial charge on any atom is -0.355 e. The van der Waals surface area contributed by atoms with E-state index in [2.05, 4.69) is 39.7 Å². The highest BCUT2D eigenvalue weighted by Gasteiger charge is 2.28. The Morgan fingerprint density at radius 2 is 2.03 bits per heavy atom. The van der Waals surface area contributed by atoms with Gasteiger partial charge in [0.25, 0.3) is 0 Å². The third kappa shape index (κ3) is 6.04. The van der Waals surface area contributed by atoms with Crippen LogP contribution in [0, 0.1) is 5.92 Å². The fourth-order valence-electron chi connectivity index (χ4n) is 3.73. The highest BCUT2D eigenvalue weighted by atomic mass is 32.2. The second-order valence-electron chi connectivity index (χ2n) is 7.90. The second kappa shape index (κ2) is 10.7. The van der Waals surface area contributed by atoms with Gasteiger partial charge >= 0.3 is 0 Å². The van der Waals surface area contributed by atoms with E-state index in [1.165, 1.54) is 0 Å². The molecule has 1 unspecified atom stereocenters. The predicted octanol–water partition coefficient (Wildman–Crippen LogP) is 1.63. The summed E-state index contributed by atoms with van der Waals surface area (Å²) >= 11 is 0. The number of hydrogen-bond donors (Lipinski definition) is 2. The first-order valence-electron chi connectivity index (χ1n) is 10.8. The Bertz CT molecular complexity index is 970. The largest absolute Gasteiger partial charge is 0.355 e. The molecule has 0 spiro atoms. The van der Waals surface area contributed by atoms with Crippen LogP contribution in [0.5, 0.6) is 0 Å². The fourth-order valence-corrected chi connectivity index (χ4v) is 5.33. The fraction of sp³-hybridized carbons (Fsp3) is 0.571. The maximum atomic E-state index is 12.9. The van der Waals surface area contributed by atoms with Crippen molar-refractivity contribution >= 4 is 16.0 Å². The number of guanidine groups is 1. The van der Waals surface area contributed by atoms with Crippen molar-refractivity contribution in [1.29, 1.82) is 0 Å². The van der Waals surface area contributed by atoms with Crippen molar-refractivity contribution in [2.75, 3.05) is 26.7 Å². The van der Waals surface area contributed by atoms with Crippen molar-refractivity contribution in [3.8, 4) is 0 Å². The number of nitrogens with zero attached hydrogens (tertiary/aromatic N) is 5. The highest BCUT2D eigenvalue weighted by molar-refractivity contribution is 7.89. The molecular weight excluding hydrogens is 414 g/mol. The summed E-state index contributed by atoms with van der Waals surface area (Å²) < 4.78 is 29.4. The third-order valence-corrected chi connectivity index (χ3v) is 7.40. The van der Waals surface area contributed by atoms with Crippen LogP contribution < -0.4 is 10.6 Å². The molecule has 31 heavy (non-hydrogen) atoms. The van der Waals surface area contributed by atoms with Gasteiger partial charge in [0.15, 0.2) is 5.96 Å². The molecule has 1 aromatic heterocycles. The molecule has 1 fully saturated rings. The number of piperidine rings is 1. The number of rotatable bonds is 8. The first-order valence-corrected chi connectivity index (χ1v) is 12.3. The molecule has 3 rings (SSSR count). The standard InChI is InChI=1S/C21H33N7O2S/c1-4-20-26-25-16-27(20)13-11-23-21(22-3)24-14-18-7-9-19(10-8-18)31(29,30)28-12-5-6-17(2)15-28/h7-10,16-17H,4-6,11-15H2,1-3H3,(H2,22,23,24). The lowest BCUT2D eigenvalue weighted by atomic mass is 10.0. The van der Waals surface area contributed by atoms with E-state index in [0.29, 0.717) is 43.0 Å². The van der Waals surface area contributed by atoms with Crippen LogP contribution in [0.2, 0.25) is 0 Å². The van der Waals surface area contributed by atoms with Crippen LogP contribution in [0.3, 0.4) is 0 Å². The van der Waals surface area contributed by atoms with Gasteiger partial charge in [0, 0.05) is 46.2 Å². The molecule has 1 aliphatic rings. The Morgan fingerprint density at radius 3 is 2.71 bits per heavy atom. The molecule has 0 aliphatic carbocycles. The van der Waals surface area contributed by atoms with Gasteiger partial charge < -0.3 is 15.2 Å². The van der Waals surface area contributed by atoms with Gasteiger partial charge in [-0.25, -0.2) is 8.42 Å². The van der Waals surface area contributed by atoms with Crippen molar-refractivity contribution in [1.82, 2.24) is 29.7 Å². The van der Waals surface area contributed by atoms with E-state index in [0.717, 1.165) is 37.2 Å². The summed E-state index contributed by atoms with van der Waals surface area (Å²) in [6.07, 6.45) is 4.59. The normalized spacial score (nSPS) is 18.2. The molecule has 1 aromatic carbocycles. The van der Waals surface area contributed by atoms with E-state index in [9.17, 15) is 8.42 Å². The first-order chi connectivity index (χ1) is 14.9. The second-order valence-corrected chi connectivity index (χ2v) is 9.84. The number of sulfonamides is 1. The first kappa shape index (κ1) is 23.2. The van der Waals surface area contributed by atoms with Crippen molar-refractivity contribution in [3.05, 3.63) is 42.0 Å². The van der Waals surface area contributed by atoms with Gasteiger partial charge in [-0.1, -0.05) is 26.0 Å². The zero-order valence-electron chi connectivity index (χ0n) is 18.6. The molecule has 0 radical (unpaired) electrons. The molecule has 2 N–H and O–H groups in total. The molecule has 1 saturated heterocycles.